The lowest BCUT2D eigenvalue weighted by Gasteiger charge is -2.33. The molecule has 1 amide bonds. The largest absolute Gasteiger partial charge is 0.497 e. The first kappa shape index (κ1) is 19.3. The number of carbonyl (C=O) groups is 1. The molecule has 0 aliphatic carbocycles. The predicted molar refractivity (Wildman–Crippen MR) is 109 cm³/mol. The van der Waals surface area contributed by atoms with Crippen LogP contribution in [0.1, 0.15) is 24.4 Å². The number of fused-ring (bicyclic) bond motifs is 1. The van der Waals surface area contributed by atoms with Crippen LogP contribution in [0.2, 0.25) is 0 Å². The van der Waals surface area contributed by atoms with Gasteiger partial charge in [-0.1, -0.05) is 43.0 Å². The molecule has 7 nitrogen and oxygen atoms in total. The highest BCUT2D eigenvalue weighted by atomic mass is 32.2. The Balaban J connectivity index is 1.68. The highest BCUT2D eigenvalue weighted by Crippen LogP contribution is 2.38. The van der Waals surface area contributed by atoms with Gasteiger partial charge < -0.3 is 15.5 Å². The second-order valence-corrected chi connectivity index (χ2v) is 7.58. The van der Waals surface area contributed by atoms with Crippen molar-refractivity contribution in [2.45, 2.75) is 29.8 Å². The summed E-state index contributed by atoms with van der Waals surface area (Å²) in [5.41, 5.74) is 4.40. The topological polar surface area (TPSA) is 81.1 Å². The van der Waals surface area contributed by atoms with Crippen LogP contribution in [0.4, 0.5) is 10.1 Å². The molecule has 0 bridgehead atoms. The molecule has 0 fully saturated rings. The third kappa shape index (κ3) is 3.77. The maximum absolute atomic E-state index is 14.0. The minimum absolute atomic E-state index is 0.146. The molecule has 0 unspecified atom stereocenters. The molecule has 29 heavy (non-hydrogen) atoms. The third-order valence-corrected chi connectivity index (χ3v) is 5.90. The highest BCUT2D eigenvalue weighted by Gasteiger charge is 2.37. The van der Waals surface area contributed by atoms with Crippen LogP contribution in [0, 0.1) is 5.82 Å². The van der Waals surface area contributed by atoms with Crippen molar-refractivity contribution in [2.24, 2.45) is 0 Å². The number of benzene rings is 2. The molecule has 0 spiro atoms. The first-order chi connectivity index (χ1) is 14.1. The molecule has 2 aromatic carbocycles. The number of hydrogen-bond donors (Lipinski definition) is 2. The Bertz CT molecular complexity index is 1020. The van der Waals surface area contributed by atoms with Gasteiger partial charge in [0.25, 0.3) is 0 Å². The van der Waals surface area contributed by atoms with Gasteiger partial charge in [-0.05, 0) is 29.8 Å². The van der Waals surface area contributed by atoms with Gasteiger partial charge in [0.2, 0.25) is 11.1 Å². The summed E-state index contributed by atoms with van der Waals surface area (Å²) in [4.78, 5) is 13.1. The van der Waals surface area contributed by atoms with Crippen molar-refractivity contribution in [3.05, 3.63) is 65.7 Å². The second kappa shape index (κ2) is 8.12. The summed E-state index contributed by atoms with van der Waals surface area (Å²) in [6.45, 7) is 1.99. The van der Waals surface area contributed by atoms with Crippen molar-refractivity contribution < 1.29 is 13.9 Å². The number of rotatable bonds is 5. The van der Waals surface area contributed by atoms with Crippen LogP contribution in [0.25, 0.3) is 0 Å². The average Bonchev–Trinajstić information content (AvgIpc) is 3.16. The van der Waals surface area contributed by atoms with E-state index < -0.39 is 11.1 Å². The number of aromatic nitrogens is 3. The van der Waals surface area contributed by atoms with Crippen LogP contribution in [0.15, 0.2) is 53.7 Å². The number of para-hydroxylation sites is 1. The molecule has 1 aliphatic heterocycles. The van der Waals surface area contributed by atoms with E-state index >= 15 is 0 Å². The van der Waals surface area contributed by atoms with Crippen LogP contribution in [0.3, 0.4) is 0 Å². The molecule has 0 saturated heterocycles. The van der Waals surface area contributed by atoms with Gasteiger partial charge in [-0.3, -0.25) is 4.79 Å². The normalized spacial score (nSPS) is 17.9. The number of hydrogen-bond acceptors (Lipinski definition) is 6. The van der Waals surface area contributed by atoms with Crippen molar-refractivity contribution in [3.8, 4) is 5.75 Å². The van der Waals surface area contributed by atoms with E-state index in [4.69, 9.17) is 4.74 Å². The predicted octanol–water partition coefficient (Wildman–Crippen LogP) is 3.39. The van der Waals surface area contributed by atoms with Crippen LogP contribution in [0.5, 0.6) is 5.75 Å². The fourth-order valence-electron chi connectivity index (χ4n) is 3.16. The third-order valence-electron chi connectivity index (χ3n) is 4.68. The van der Waals surface area contributed by atoms with E-state index in [0.29, 0.717) is 11.6 Å². The Morgan fingerprint density at radius 1 is 1.24 bits per heavy atom. The van der Waals surface area contributed by atoms with Gasteiger partial charge in [-0.15, -0.1) is 10.2 Å². The molecule has 1 aliphatic rings. The van der Waals surface area contributed by atoms with Crippen molar-refractivity contribution in [1.29, 1.82) is 0 Å². The zero-order chi connectivity index (χ0) is 20.4. The SMILES string of the molecule is CCc1nnc2n1N[C@@H](c1ccc(OC)cc1)[C@H](C(=O)Nc1ccccc1F)S2. The van der Waals surface area contributed by atoms with Gasteiger partial charge >= 0.3 is 0 Å². The minimum atomic E-state index is -0.579. The van der Waals surface area contributed by atoms with Crippen molar-refractivity contribution in [3.63, 3.8) is 0 Å². The second-order valence-electron chi connectivity index (χ2n) is 6.48. The monoisotopic (exact) mass is 413 g/mol. The average molecular weight is 413 g/mol. The minimum Gasteiger partial charge on any atom is -0.497 e. The first-order valence-electron chi connectivity index (χ1n) is 9.17. The first-order valence-corrected chi connectivity index (χ1v) is 10.1. The van der Waals surface area contributed by atoms with E-state index in [0.717, 1.165) is 17.1 Å². The number of carbonyl (C=O) groups excluding carboxylic acids is 1. The van der Waals surface area contributed by atoms with Crippen LogP contribution in [-0.4, -0.2) is 33.1 Å². The number of halogens is 1. The Labute approximate surface area is 171 Å². The Morgan fingerprint density at radius 2 is 2.00 bits per heavy atom. The summed E-state index contributed by atoms with van der Waals surface area (Å²) in [5.74, 6) is 0.704. The number of ether oxygens (including phenoxy) is 1. The lowest BCUT2D eigenvalue weighted by Crippen LogP contribution is -2.41. The number of aryl methyl sites for hydroxylation is 1. The molecule has 2 N–H and O–H groups in total. The Kier molecular flexibility index (Phi) is 5.39. The summed E-state index contributed by atoms with van der Waals surface area (Å²) in [5, 5.41) is 11.1. The smallest absolute Gasteiger partial charge is 0.240 e. The van der Waals surface area contributed by atoms with Gasteiger partial charge in [-0.25, -0.2) is 9.07 Å². The number of amides is 1. The number of nitrogens with zero attached hydrogens (tertiary/aromatic N) is 3. The van der Waals surface area contributed by atoms with E-state index in [1.165, 1.54) is 23.9 Å². The number of nitrogens with one attached hydrogen (secondary N) is 2. The van der Waals surface area contributed by atoms with E-state index in [2.05, 4.69) is 20.9 Å². The maximum atomic E-state index is 14.0. The molecule has 150 valence electrons. The molecule has 0 saturated carbocycles. The van der Waals surface area contributed by atoms with Crippen LogP contribution < -0.4 is 15.5 Å². The fraction of sp³-hybridized carbons (Fsp3) is 0.250. The molecule has 1 aromatic heterocycles. The van der Waals surface area contributed by atoms with Crippen molar-refractivity contribution in [1.82, 2.24) is 14.9 Å². The molecular formula is C20H20FN5O2S. The summed E-state index contributed by atoms with van der Waals surface area (Å²) >= 11 is 1.30. The fourth-order valence-corrected chi connectivity index (χ4v) is 4.25. The summed E-state index contributed by atoms with van der Waals surface area (Å²) < 4.78 is 21.1. The standard InChI is InChI=1S/C20H20FN5O2S/c1-3-16-23-24-20-26(16)25-17(12-8-10-13(28-2)11-9-12)18(29-20)19(27)22-15-7-5-4-6-14(15)21/h4-11,17-18,25H,3H2,1-2H3,(H,22,27)/t17-,18+/m0/s1. The van der Waals surface area contributed by atoms with Gasteiger partial charge in [0, 0.05) is 6.42 Å². The summed E-state index contributed by atoms with van der Waals surface area (Å²) in [7, 11) is 1.60. The summed E-state index contributed by atoms with van der Waals surface area (Å²) in [6, 6.07) is 13.2. The molecule has 0 radical (unpaired) electrons. The van der Waals surface area contributed by atoms with Crippen LogP contribution in [-0.2, 0) is 11.2 Å². The molecular weight excluding hydrogens is 393 g/mol. The molecule has 3 aromatic rings. The molecule has 2 heterocycles. The van der Waals surface area contributed by atoms with Crippen molar-refractivity contribution >= 4 is 23.4 Å². The Hall–Kier alpha value is -3.07. The van der Waals surface area contributed by atoms with Gasteiger partial charge in [0.15, 0.2) is 5.82 Å². The number of anilines is 1. The molecule has 9 heteroatoms. The lowest BCUT2D eigenvalue weighted by molar-refractivity contribution is -0.116. The van der Waals surface area contributed by atoms with E-state index in [-0.39, 0.29) is 17.6 Å². The van der Waals surface area contributed by atoms with Crippen LogP contribution >= 0.6 is 11.8 Å². The highest BCUT2D eigenvalue weighted by molar-refractivity contribution is 8.00. The van der Waals surface area contributed by atoms with Crippen molar-refractivity contribution in [2.75, 3.05) is 17.9 Å². The molecule has 4 rings (SSSR count). The maximum Gasteiger partial charge on any atom is 0.240 e. The zero-order valence-electron chi connectivity index (χ0n) is 15.9. The number of methoxy groups -OCH3 is 1. The van der Waals surface area contributed by atoms with Gasteiger partial charge in [-0.2, -0.15) is 0 Å². The van der Waals surface area contributed by atoms with E-state index in [1.807, 2.05) is 35.9 Å². The number of thioether (sulfide) groups is 1. The van der Waals surface area contributed by atoms with E-state index in [1.54, 1.807) is 19.2 Å². The summed E-state index contributed by atoms with van der Waals surface area (Å²) in [6.07, 6.45) is 0.696. The molecule has 2 atom stereocenters. The lowest BCUT2D eigenvalue weighted by atomic mass is 10.0. The van der Waals surface area contributed by atoms with Gasteiger partial charge in [0.05, 0.1) is 18.8 Å². The van der Waals surface area contributed by atoms with E-state index in [9.17, 15) is 9.18 Å². The Morgan fingerprint density at radius 3 is 2.69 bits per heavy atom. The zero-order valence-corrected chi connectivity index (χ0v) is 16.7. The van der Waals surface area contributed by atoms with Gasteiger partial charge in [0.1, 0.15) is 16.8 Å². The quantitative estimate of drug-likeness (QED) is 0.667.